The minimum atomic E-state index is -0.345. The van der Waals surface area contributed by atoms with Crippen LogP contribution in [-0.2, 0) is 0 Å². The lowest BCUT2D eigenvalue weighted by Gasteiger charge is -2.23. The van der Waals surface area contributed by atoms with Crippen molar-refractivity contribution in [2.75, 3.05) is 0 Å². The Kier molecular flexibility index (Phi) is 6.89. The van der Waals surface area contributed by atoms with Gasteiger partial charge in [0.15, 0.2) is 5.84 Å². The Labute approximate surface area is 326 Å². The molecule has 8 aromatic carbocycles. The van der Waals surface area contributed by atoms with Gasteiger partial charge in [0.2, 0.25) is 0 Å². The normalized spacial score (nSPS) is 14.5. The summed E-state index contributed by atoms with van der Waals surface area (Å²) in [6, 6.07) is 63.3. The Balaban J connectivity index is 0.990. The average Bonchev–Trinajstić information content (AvgIpc) is 3.96. The summed E-state index contributed by atoms with van der Waals surface area (Å²) < 4.78 is 15.4. The van der Waals surface area contributed by atoms with E-state index in [9.17, 15) is 0 Å². The first-order valence-corrected chi connectivity index (χ1v) is 19.2. The molecule has 11 aromatic rings. The predicted molar refractivity (Wildman–Crippen MR) is 233 cm³/mol. The molecule has 268 valence electrons. The quantitative estimate of drug-likeness (QED) is 0.192. The van der Waals surface area contributed by atoms with Crippen molar-refractivity contribution in [3.05, 3.63) is 199 Å². The van der Waals surface area contributed by atoms with E-state index in [4.69, 9.17) is 18.8 Å². The fourth-order valence-corrected chi connectivity index (χ4v) is 8.63. The van der Waals surface area contributed by atoms with Gasteiger partial charge in [-0.2, -0.15) is 0 Å². The Morgan fingerprint density at radius 3 is 2.04 bits per heavy atom. The van der Waals surface area contributed by atoms with Crippen molar-refractivity contribution in [3.63, 3.8) is 0 Å². The molecule has 0 saturated heterocycles. The third-order valence-electron chi connectivity index (χ3n) is 11.3. The molecule has 1 N–H and O–H groups in total. The van der Waals surface area contributed by atoms with Gasteiger partial charge in [-0.05, 0) is 71.8 Å². The van der Waals surface area contributed by atoms with Crippen molar-refractivity contribution in [2.24, 2.45) is 9.98 Å². The second-order valence-electron chi connectivity index (χ2n) is 14.6. The summed E-state index contributed by atoms with van der Waals surface area (Å²) in [5.41, 5.74) is 11.8. The first-order valence-electron chi connectivity index (χ1n) is 19.2. The maximum absolute atomic E-state index is 6.60. The van der Waals surface area contributed by atoms with E-state index >= 15 is 0 Å². The van der Waals surface area contributed by atoms with Crippen molar-refractivity contribution in [1.29, 1.82) is 0 Å². The van der Waals surface area contributed by atoms with Crippen LogP contribution in [0.5, 0.6) is 0 Å². The van der Waals surface area contributed by atoms with Crippen LogP contribution in [-0.4, -0.2) is 16.2 Å². The first-order chi connectivity index (χ1) is 28.2. The van der Waals surface area contributed by atoms with Crippen LogP contribution in [0, 0.1) is 0 Å². The highest BCUT2D eigenvalue weighted by atomic mass is 16.3. The van der Waals surface area contributed by atoms with Crippen LogP contribution < -0.4 is 5.32 Å². The largest absolute Gasteiger partial charge is 0.456 e. The van der Waals surface area contributed by atoms with E-state index in [-0.39, 0.29) is 6.17 Å². The summed E-state index contributed by atoms with van der Waals surface area (Å²) in [5.74, 6) is 1.35. The highest BCUT2D eigenvalue weighted by Gasteiger charge is 2.24. The maximum Gasteiger partial charge on any atom is 0.163 e. The molecule has 0 aliphatic carbocycles. The number of aromatic nitrogens is 1. The van der Waals surface area contributed by atoms with Crippen LogP contribution in [0.3, 0.4) is 0 Å². The van der Waals surface area contributed by atoms with Crippen LogP contribution in [0.1, 0.15) is 22.9 Å². The highest BCUT2D eigenvalue weighted by molar-refractivity contribution is 6.20. The second-order valence-corrected chi connectivity index (χ2v) is 14.6. The Morgan fingerprint density at radius 1 is 0.474 bits per heavy atom. The molecule has 0 radical (unpaired) electrons. The van der Waals surface area contributed by atoms with E-state index in [2.05, 4.69) is 143 Å². The lowest BCUT2D eigenvalue weighted by atomic mass is 10.00. The number of amidine groups is 2. The fourth-order valence-electron chi connectivity index (χ4n) is 8.63. The molecule has 1 unspecified atom stereocenters. The fraction of sp³-hybridized carbons (Fsp3) is 0.0196. The summed E-state index contributed by atoms with van der Waals surface area (Å²) >= 11 is 0. The van der Waals surface area contributed by atoms with Crippen LogP contribution in [0.15, 0.2) is 201 Å². The van der Waals surface area contributed by atoms with Crippen LogP contribution in [0.4, 0.5) is 0 Å². The summed E-state index contributed by atoms with van der Waals surface area (Å²) in [6.07, 6.45) is -0.345. The maximum atomic E-state index is 6.60. The van der Waals surface area contributed by atoms with Crippen molar-refractivity contribution in [2.45, 2.75) is 6.17 Å². The van der Waals surface area contributed by atoms with Crippen LogP contribution >= 0.6 is 0 Å². The molecule has 12 rings (SSSR count). The van der Waals surface area contributed by atoms with Gasteiger partial charge in [0.05, 0.1) is 16.6 Å². The molecule has 57 heavy (non-hydrogen) atoms. The van der Waals surface area contributed by atoms with Crippen molar-refractivity contribution in [3.8, 4) is 16.8 Å². The van der Waals surface area contributed by atoms with Crippen LogP contribution in [0.2, 0.25) is 0 Å². The van der Waals surface area contributed by atoms with E-state index in [1.54, 1.807) is 0 Å². The Morgan fingerprint density at radius 2 is 1.16 bits per heavy atom. The van der Waals surface area contributed by atoms with E-state index in [1.807, 2.05) is 48.5 Å². The molecule has 1 aliphatic heterocycles. The highest BCUT2D eigenvalue weighted by Crippen LogP contribution is 2.40. The summed E-state index contributed by atoms with van der Waals surface area (Å²) in [6.45, 7) is 0. The molecule has 6 heteroatoms. The number of benzene rings is 8. The number of fused-ring (bicyclic) bond motifs is 9. The third kappa shape index (κ3) is 4.97. The van der Waals surface area contributed by atoms with Gasteiger partial charge < -0.3 is 18.7 Å². The number of nitrogens with one attached hydrogen (secondary N) is 1. The zero-order valence-corrected chi connectivity index (χ0v) is 30.6. The molecular weight excluding hydrogens is 701 g/mol. The molecular formula is C51H32N4O2. The molecule has 0 saturated carbocycles. The lowest BCUT2D eigenvalue weighted by Crippen LogP contribution is -2.33. The van der Waals surface area contributed by atoms with Crippen LogP contribution in [0.25, 0.3) is 82.5 Å². The Hall–Kier alpha value is -7.70. The van der Waals surface area contributed by atoms with E-state index in [1.165, 1.54) is 21.8 Å². The first kappa shape index (κ1) is 31.6. The number of hydrogen-bond acceptors (Lipinski definition) is 5. The third-order valence-corrected chi connectivity index (χ3v) is 11.3. The number of nitrogens with zero attached hydrogens (tertiary/aromatic N) is 3. The zero-order valence-electron chi connectivity index (χ0n) is 30.6. The van der Waals surface area contributed by atoms with Gasteiger partial charge in [0, 0.05) is 49.1 Å². The van der Waals surface area contributed by atoms with Gasteiger partial charge in [-0.3, -0.25) is 0 Å². The number of hydrogen-bond donors (Lipinski definition) is 1. The van der Waals surface area contributed by atoms with Gasteiger partial charge in [0.1, 0.15) is 34.3 Å². The lowest BCUT2D eigenvalue weighted by molar-refractivity contribution is 0.663. The van der Waals surface area contributed by atoms with Gasteiger partial charge >= 0.3 is 0 Å². The topological polar surface area (TPSA) is 68.0 Å². The Bertz CT molecular complexity index is 3440. The van der Waals surface area contributed by atoms with Gasteiger partial charge in [-0.25, -0.2) is 9.98 Å². The average molecular weight is 733 g/mol. The minimum absolute atomic E-state index is 0.345. The molecule has 0 spiro atoms. The van der Waals surface area contributed by atoms with Crippen molar-refractivity contribution < 1.29 is 8.83 Å². The molecule has 0 bridgehead atoms. The van der Waals surface area contributed by atoms with E-state index in [0.29, 0.717) is 5.84 Å². The SMILES string of the molecule is c1ccc(C2N=C(c3cccc4c3oc3ccccc34)N=C(c3ccc4oc5cc(-c6cccc7c8ccccc8n(-c8ccccc8)c67)ccc5c4c3)N2)cc1. The van der Waals surface area contributed by atoms with Crippen molar-refractivity contribution in [1.82, 2.24) is 9.88 Å². The second kappa shape index (κ2) is 12.4. The molecule has 0 amide bonds. The molecule has 1 aliphatic rings. The number of rotatable bonds is 5. The summed E-state index contributed by atoms with van der Waals surface area (Å²) in [5, 5.41) is 10.3. The smallest absolute Gasteiger partial charge is 0.163 e. The number of aliphatic imine (C=N–C) groups is 2. The number of para-hydroxylation sites is 5. The monoisotopic (exact) mass is 732 g/mol. The molecule has 6 nitrogen and oxygen atoms in total. The molecule has 4 heterocycles. The van der Waals surface area contributed by atoms with Gasteiger partial charge in [-0.1, -0.05) is 121 Å². The standard InChI is InChI=1S/C51H32N4O2/c1-3-13-31(14-4-1)49-52-50(54-51(53-49)41-22-12-21-40-37-18-8-10-24-44(37)57-48(40)41)33-26-28-45-42(29-33)38-27-25-32(30-46(38)56-45)35-19-11-20-39-36-17-7-9-23-43(36)55(47(35)39)34-15-5-2-6-16-34/h1-30,49H,(H,52,53,54). The van der Waals surface area contributed by atoms with Gasteiger partial charge in [-0.15, -0.1) is 0 Å². The van der Waals surface area contributed by atoms with Crippen molar-refractivity contribution >= 4 is 77.4 Å². The van der Waals surface area contributed by atoms with Gasteiger partial charge in [0.25, 0.3) is 0 Å². The van der Waals surface area contributed by atoms with E-state index in [0.717, 1.165) is 83.2 Å². The van der Waals surface area contributed by atoms with E-state index < -0.39 is 0 Å². The molecule has 0 fully saturated rings. The molecule has 1 atom stereocenters. The summed E-state index contributed by atoms with van der Waals surface area (Å²) in [4.78, 5) is 10.3. The summed E-state index contributed by atoms with van der Waals surface area (Å²) in [7, 11) is 0. The number of furan rings is 2. The zero-order chi connectivity index (χ0) is 37.5. The minimum Gasteiger partial charge on any atom is -0.456 e. The predicted octanol–water partition coefficient (Wildman–Crippen LogP) is 12.7. The molecule has 3 aromatic heterocycles.